The zero-order valence-electron chi connectivity index (χ0n) is 12.3. The number of aliphatic hydroxyl groups is 1. The molecule has 1 aromatic heterocycles. The van der Waals surface area contributed by atoms with Gasteiger partial charge in [0.15, 0.2) is 0 Å². The first kappa shape index (κ1) is 14.2. The second-order valence-corrected chi connectivity index (χ2v) is 6.67. The lowest BCUT2D eigenvalue weighted by Gasteiger charge is -2.10. The Bertz CT molecular complexity index is 730. The second kappa shape index (κ2) is 5.96. The molecule has 0 fully saturated rings. The van der Waals surface area contributed by atoms with Crippen LogP contribution in [0, 0.1) is 13.8 Å². The highest BCUT2D eigenvalue weighted by molar-refractivity contribution is 7.18. The number of fused-ring (bicyclic) bond motifs is 1. The normalized spacial score (nSPS) is 12.7. The fourth-order valence-electron chi connectivity index (χ4n) is 2.48. The molecule has 1 atom stereocenters. The van der Waals surface area contributed by atoms with Gasteiger partial charge in [0.2, 0.25) is 0 Å². The predicted molar refractivity (Wildman–Crippen MR) is 89.0 cm³/mol. The monoisotopic (exact) mass is 297 g/mol. The van der Waals surface area contributed by atoms with E-state index in [2.05, 4.69) is 43.1 Å². The molecule has 3 heteroatoms. The Morgan fingerprint density at radius 3 is 2.62 bits per heavy atom. The van der Waals surface area contributed by atoms with Crippen molar-refractivity contribution in [2.45, 2.75) is 32.8 Å². The zero-order chi connectivity index (χ0) is 14.8. The standard InChI is InChI=1S/C18H19NOS/c1-12-7-8-14(9-13(12)2)10-15(20)11-18-19-16-5-3-4-6-17(16)21-18/h3-9,15,20H,10-11H2,1-2H3. The third-order valence-corrected chi connectivity index (χ3v) is 4.85. The summed E-state index contributed by atoms with van der Waals surface area (Å²) >= 11 is 1.67. The van der Waals surface area contributed by atoms with E-state index in [1.807, 2.05) is 18.2 Å². The van der Waals surface area contributed by atoms with Crippen LogP contribution in [-0.2, 0) is 12.8 Å². The van der Waals surface area contributed by atoms with Crippen molar-refractivity contribution in [1.82, 2.24) is 4.98 Å². The van der Waals surface area contributed by atoms with Crippen molar-refractivity contribution in [2.24, 2.45) is 0 Å². The summed E-state index contributed by atoms with van der Waals surface area (Å²) in [6.45, 7) is 4.22. The molecule has 3 aromatic rings. The Labute approximate surface area is 129 Å². The highest BCUT2D eigenvalue weighted by Gasteiger charge is 2.11. The SMILES string of the molecule is Cc1ccc(CC(O)Cc2nc3ccccc3s2)cc1C. The highest BCUT2D eigenvalue weighted by atomic mass is 32.1. The van der Waals surface area contributed by atoms with Crippen molar-refractivity contribution in [3.05, 3.63) is 64.2 Å². The number of aliphatic hydroxyl groups excluding tert-OH is 1. The number of nitrogens with zero attached hydrogens (tertiary/aromatic N) is 1. The molecule has 108 valence electrons. The molecular formula is C18H19NOS. The fourth-order valence-corrected chi connectivity index (χ4v) is 3.52. The number of hydrogen-bond acceptors (Lipinski definition) is 3. The largest absolute Gasteiger partial charge is 0.392 e. The minimum absolute atomic E-state index is 0.382. The van der Waals surface area contributed by atoms with Crippen LogP contribution in [0.15, 0.2) is 42.5 Å². The smallest absolute Gasteiger partial charge is 0.0964 e. The summed E-state index contributed by atoms with van der Waals surface area (Å²) in [4.78, 5) is 4.58. The van der Waals surface area contributed by atoms with Gasteiger partial charge in [0.05, 0.1) is 21.3 Å². The van der Waals surface area contributed by atoms with Gasteiger partial charge in [-0.05, 0) is 49.1 Å². The molecule has 0 aliphatic heterocycles. The Hall–Kier alpha value is -1.71. The molecule has 0 aliphatic rings. The van der Waals surface area contributed by atoms with E-state index >= 15 is 0 Å². The average Bonchev–Trinajstić information content (AvgIpc) is 2.84. The van der Waals surface area contributed by atoms with Gasteiger partial charge in [0.25, 0.3) is 0 Å². The molecule has 0 saturated heterocycles. The van der Waals surface area contributed by atoms with Gasteiger partial charge in [0.1, 0.15) is 0 Å². The minimum atomic E-state index is -0.382. The van der Waals surface area contributed by atoms with Crippen LogP contribution in [-0.4, -0.2) is 16.2 Å². The Morgan fingerprint density at radius 2 is 1.86 bits per heavy atom. The summed E-state index contributed by atoms with van der Waals surface area (Å²) < 4.78 is 1.19. The number of aryl methyl sites for hydroxylation is 2. The molecular weight excluding hydrogens is 278 g/mol. The van der Waals surface area contributed by atoms with Gasteiger partial charge in [-0.25, -0.2) is 4.98 Å². The molecule has 1 unspecified atom stereocenters. The van der Waals surface area contributed by atoms with Crippen LogP contribution in [0.25, 0.3) is 10.2 Å². The van der Waals surface area contributed by atoms with Crippen LogP contribution in [0.1, 0.15) is 21.7 Å². The summed E-state index contributed by atoms with van der Waals surface area (Å²) in [6.07, 6.45) is 0.913. The van der Waals surface area contributed by atoms with Crippen LogP contribution < -0.4 is 0 Å². The summed E-state index contributed by atoms with van der Waals surface area (Å²) in [6, 6.07) is 14.5. The lowest BCUT2D eigenvalue weighted by Crippen LogP contribution is -2.13. The van der Waals surface area contributed by atoms with Crippen molar-refractivity contribution in [1.29, 1.82) is 0 Å². The third kappa shape index (κ3) is 3.31. The molecule has 3 rings (SSSR count). The van der Waals surface area contributed by atoms with Gasteiger partial charge in [-0.1, -0.05) is 30.3 Å². The predicted octanol–water partition coefficient (Wildman–Crippen LogP) is 4.06. The van der Waals surface area contributed by atoms with E-state index in [4.69, 9.17) is 0 Å². The summed E-state index contributed by atoms with van der Waals surface area (Å²) in [5.41, 5.74) is 4.78. The maximum absolute atomic E-state index is 10.3. The van der Waals surface area contributed by atoms with E-state index in [0.29, 0.717) is 12.8 Å². The van der Waals surface area contributed by atoms with Gasteiger partial charge in [-0.2, -0.15) is 0 Å². The number of benzene rings is 2. The maximum Gasteiger partial charge on any atom is 0.0964 e. The number of para-hydroxylation sites is 1. The van der Waals surface area contributed by atoms with Crippen molar-refractivity contribution >= 4 is 21.6 Å². The summed E-state index contributed by atoms with van der Waals surface area (Å²) in [5.74, 6) is 0. The van der Waals surface area contributed by atoms with Crippen molar-refractivity contribution in [3.8, 4) is 0 Å². The van der Waals surface area contributed by atoms with Gasteiger partial charge < -0.3 is 5.11 Å². The van der Waals surface area contributed by atoms with E-state index in [9.17, 15) is 5.11 Å². The van der Waals surface area contributed by atoms with Gasteiger partial charge in [-0.3, -0.25) is 0 Å². The van der Waals surface area contributed by atoms with E-state index in [1.165, 1.54) is 21.4 Å². The minimum Gasteiger partial charge on any atom is -0.392 e. The summed E-state index contributed by atoms with van der Waals surface area (Å²) in [7, 11) is 0. The zero-order valence-corrected chi connectivity index (χ0v) is 13.2. The molecule has 0 spiro atoms. The fraction of sp³-hybridized carbons (Fsp3) is 0.278. The molecule has 1 N–H and O–H groups in total. The van der Waals surface area contributed by atoms with Crippen molar-refractivity contribution in [3.63, 3.8) is 0 Å². The van der Waals surface area contributed by atoms with Crippen LogP contribution in [0.2, 0.25) is 0 Å². The van der Waals surface area contributed by atoms with Crippen LogP contribution in [0.4, 0.5) is 0 Å². The summed E-state index contributed by atoms with van der Waals surface area (Å²) in [5, 5.41) is 11.3. The van der Waals surface area contributed by atoms with Crippen LogP contribution >= 0.6 is 11.3 Å². The van der Waals surface area contributed by atoms with Crippen molar-refractivity contribution < 1.29 is 5.11 Å². The number of rotatable bonds is 4. The van der Waals surface area contributed by atoms with E-state index in [1.54, 1.807) is 11.3 Å². The molecule has 0 bridgehead atoms. The first-order valence-electron chi connectivity index (χ1n) is 7.20. The van der Waals surface area contributed by atoms with E-state index in [0.717, 1.165) is 10.5 Å². The van der Waals surface area contributed by atoms with E-state index in [-0.39, 0.29) is 6.10 Å². The highest BCUT2D eigenvalue weighted by Crippen LogP contribution is 2.23. The maximum atomic E-state index is 10.3. The number of thiazole rings is 1. The Balaban J connectivity index is 1.70. The quantitative estimate of drug-likeness (QED) is 0.788. The molecule has 2 nitrogen and oxygen atoms in total. The topological polar surface area (TPSA) is 33.1 Å². The number of aromatic nitrogens is 1. The van der Waals surface area contributed by atoms with E-state index < -0.39 is 0 Å². The molecule has 0 radical (unpaired) electrons. The van der Waals surface area contributed by atoms with Gasteiger partial charge in [0, 0.05) is 6.42 Å². The first-order chi connectivity index (χ1) is 10.1. The third-order valence-electron chi connectivity index (χ3n) is 3.79. The molecule has 0 aliphatic carbocycles. The van der Waals surface area contributed by atoms with Gasteiger partial charge >= 0.3 is 0 Å². The number of hydrogen-bond donors (Lipinski definition) is 1. The Morgan fingerprint density at radius 1 is 1.05 bits per heavy atom. The van der Waals surface area contributed by atoms with Crippen LogP contribution in [0.5, 0.6) is 0 Å². The molecule has 2 aromatic carbocycles. The second-order valence-electron chi connectivity index (χ2n) is 5.56. The molecule has 0 amide bonds. The van der Waals surface area contributed by atoms with Crippen LogP contribution in [0.3, 0.4) is 0 Å². The average molecular weight is 297 g/mol. The lowest BCUT2D eigenvalue weighted by molar-refractivity contribution is 0.175. The molecule has 21 heavy (non-hydrogen) atoms. The van der Waals surface area contributed by atoms with Gasteiger partial charge in [-0.15, -0.1) is 11.3 Å². The lowest BCUT2D eigenvalue weighted by atomic mass is 10.0. The molecule has 0 saturated carbocycles. The Kier molecular flexibility index (Phi) is 4.04. The molecule has 1 heterocycles. The first-order valence-corrected chi connectivity index (χ1v) is 8.02. The van der Waals surface area contributed by atoms with Crippen molar-refractivity contribution in [2.75, 3.05) is 0 Å².